The van der Waals surface area contributed by atoms with Crippen molar-refractivity contribution < 1.29 is 4.42 Å². The van der Waals surface area contributed by atoms with Gasteiger partial charge in [-0.25, -0.2) is 15.0 Å². The van der Waals surface area contributed by atoms with Crippen molar-refractivity contribution >= 4 is 75.6 Å². The first-order chi connectivity index (χ1) is 17.8. The highest BCUT2D eigenvalue weighted by molar-refractivity contribution is 7.17. The van der Waals surface area contributed by atoms with E-state index in [1.807, 2.05) is 16.5 Å². The van der Waals surface area contributed by atoms with Crippen molar-refractivity contribution in [1.29, 1.82) is 0 Å². The molecule has 8 rings (SSSR count). The molecule has 0 radical (unpaired) electrons. The summed E-state index contributed by atoms with van der Waals surface area (Å²) in [5.41, 5.74) is 15.0. The fraction of sp³-hybridized carbons (Fsp3) is 0. The van der Waals surface area contributed by atoms with Gasteiger partial charge in [-0.15, -0.1) is 34.0 Å². The number of rotatable bonds is 3. The molecular formula is C29H15N3OS3. The van der Waals surface area contributed by atoms with Gasteiger partial charge < -0.3 is 4.42 Å². The molecule has 0 N–H and O–H groups in total. The van der Waals surface area contributed by atoms with Gasteiger partial charge in [-0.05, 0) is 65.2 Å². The third kappa shape index (κ3) is 3.07. The summed E-state index contributed by atoms with van der Waals surface area (Å²) < 4.78 is 10.1. The number of nitrogens with zero attached hydrogens (tertiary/aromatic N) is 3. The molecule has 170 valence electrons. The number of para-hydroxylation sites is 1. The fourth-order valence-corrected chi connectivity index (χ4v) is 6.95. The van der Waals surface area contributed by atoms with Crippen LogP contribution in [-0.2, 0) is 0 Å². The molecule has 36 heavy (non-hydrogen) atoms. The predicted octanol–water partition coefficient (Wildman–Crippen LogP) is 9.26. The molecule has 0 atom stereocenters. The molecule has 7 heteroatoms. The number of furan rings is 1. The van der Waals surface area contributed by atoms with E-state index in [4.69, 9.17) is 4.42 Å². The lowest BCUT2D eigenvalue weighted by Gasteiger charge is -2.06. The molecule has 0 saturated heterocycles. The van der Waals surface area contributed by atoms with Crippen LogP contribution in [0.3, 0.4) is 0 Å². The number of fused-ring (bicyclic) bond motifs is 4. The molecule has 0 aliphatic carbocycles. The second kappa shape index (κ2) is 7.80. The highest BCUT2D eigenvalue weighted by Crippen LogP contribution is 2.45. The highest BCUT2D eigenvalue weighted by atomic mass is 32.1. The Kier molecular flexibility index (Phi) is 4.40. The Morgan fingerprint density at radius 1 is 0.583 bits per heavy atom. The monoisotopic (exact) mass is 517 g/mol. The van der Waals surface area contributed by atoms with Crippen LogP contribution in [0.5, 0.6) is 0 Å². The van der Waals surface area contributed by atoms with Crippen molar-refractivity contribution in [3.63, 3.8) is 0 Å². The summed E-state index contributed by atoms with van der Waals surface area (Å²) in [7, 11) is 0. The van der Waals surface area contributed by atoms with Crippen molar-refractivity contribution in [1.82, 2.24) is 15.0 Å². The van der Waals surface area contributed by atoms with Crippen LogP contribution in [0.25, 0.3) is 75.2 Å². The second-order valence-corrected chi connectivity index (χ2v) is 11.3. The first kappa shape index (κ1) is 20.3. The Balaban J connectivity index is 1.43. The zero-order valence-electron chi connectivity index (χ0n) is 18.6. The lowest BCUT2D eigenvalue weighted by Crippen LogP contribution is -1.84. The van der Waals surface area contributed by atoms with E-state index >= 15 is 0 Å². The predicted molar refractivity (Wildman–Crippen MR) is 152 cm³/mol. The van der Waals surface area contributed by atoms with Crippen LogP contribution in [0.2, 0.25) is 0 Å². The minimum absolute atomic E-state index is 0.839. The van der Waals surface area contributed by atoms with Crippen molar-refractivity contribution in [2.24, 2.45) is 0 Å². The molecule has 0 spiro atoms. The number of hydrogen-bond acceptors (Lipinski definition) is 7. The van der Waals surface area contributed by atoms with Gasteiger partial charge in [-0.1, -0.05) is 24.3 Å². The first-order valence-corrected chi connectivity index (χ1v) is 14.0. The maximum atomic E-state index is 6.60. The quantitative estimate of drug-likeness (QED) is 0.234. The van der Waals surface area contributed by atoms with Crippen molar-refractivity contribution in [2.75, 3.05) is 0 Å². The molecule has 8 aromatic rings. The molecule has 4 aromatic carbocycles. The van der Waals surface area contributed by atoms with Crippen LogP contribution < -0.4 is 0 Å². The van der Waals surface area contributed by atoms with E-state index < -0.39 is 0 Å². The average molecular weight is 518 g/mol. The van der Waals surface area contributed by atoms with E-state index in [9.17, 15) is 0 Å². The summed E-state index contributed by atoms with van der Waals surface area (Å²) in [6.07, 6.45) is 0. The largest absolute Gasteiger partial charge is 0.455 e. The second-order valence-electron chi connectivity index (χ2n) is 8.59. The van der Waals surface area contributed by atoms with Gasteiger partial charge in [0.15, 0.2) is 0 Å². The molecule has 4 heterocycles. The van der Waals surface area contributed by atoms with Gasteiger partial charge in [0.2, 0.25) is 0 Å². The summed E-state index contributed by atoms with van der Waals surface area (Å²) in [4.78, 5) is 13.7. The summed E-state index contributed by atoms with van der Waals surface area (Å²) >= 11 is 4.96. The van der Waals surface area contributed by atoms with Crippen LogP contribution >= 0.6 is 34.0 Å². The minimum Gasteiger partial charge on any atom is -0.455 e. The molecular weight excluding hydrogens is 503 g/mol. The summed E-state index contributed by atoms with van der Waals surface area (Å²) in [5.74, 6) is 0.839. The molecule has 0 saturated carbocycles. The van der Waals surface area contributed by atoms with E-state index in [0.29, 0.717) is 0 Å². The van der Waals surface area contributed by atoms with Gasteiger partial charge >= 0.3 is 0 Å². The van der Waals surface area contributed by atoms with Crippen LogP contribution in [0.4, 0.5) is 0 Å². The maximum absolute atomic E-state index is 6.60. The van der Waals surface area contributed by atoms with Gasteiger partial charge in [0, 0.05) is 16.5 Å². The standard InChI is InChI=1S/C29H15N3OS3/c1-2-19(28-25(3-1)35-15-32-28)29-27(18-6-9-24-22(11-18)31-14-34-24)20-10-16(5-8-23(20)33-29)17-4-7-21-26(12-17)36-13-30-21/h1-15H. The summed E-state index contributed by atoms with van der Waals surface area (Å²) in [5, 5.41) is 1.08. The van der Waals surface area contributed by atoms with Gasteiger partial charge in [0.05, 0.1) is 47.2 Å². The molecule has 0 fully saturated rings. The normalized spacial score (nSPS) is 11.9. The number of benzene rings is 4. The van der Waals surface area contributed by atoms with Gasteiger partial charge in [0.25, 0.3) is 0 Å². The Labute approximate surface area is 217 Å². The molecule has 0 aliphatic rings. The van der Waals surface area contributed by atoms with Gasteiger partial charge in [-0.2, -0.15) is 0 Å². The van der Waals surface area contributed by atoms with Crippen molar-refractivity contribution in [2.45, 2.75) is 0 Å². The minimum atomic E-state index is 0.839. The van der Waals surface area contributed by atoms with Gasteiger partial charge in [0.1, 0.15) is 11.3 Å². The fourth-order valence-electron chi connectivity index (χ4n) is 4.87. The lowest BCUT2D eigenvalue weighted by atomic mass is 9.96. The van der Waals surface area contributed by atoms with Crippen molar-refractivity contribution in [3.05, 3.63) is 89.3 Å². The first-order valence-electron chi connectivity index (χ1n) is 11.4. The van der Waals surface area contributed by atoms with E-state index in [2.05, 4.69) is 87.7 Å². The molecule has 4 nitrogen and oxygen atoms in total. The van der Waals surface area contributed by atoms with E-state index in [-0.39, 0.29) is 0 Å². The summed E-state index contributed by atoms with van der Waals surface area (Å²) in [6, 6.07) is 25.7. The van der Waals surface area contributed by atoms with E-state index in [1.165, 1.54) is 15.0 Å². The molecule has 4 aromatic heterocycles. The smallest absolute Gasteiger partial charge is 0.145 e. The van der Waals surface area contributed by atoms with Gasteiger partial charge in [-0.3, -0.25) is 0 Å². The van der Waals surface area contributed by atoms with Crippen LogP contribution in [-0.4, -0.2) is 15.0 Å². The zero-order valence-corrected chi connectivity index (χ0v) is 21.1. The summed E-state index contributed by atoms with van der Waals surface area (Å²) in [6.45, 7) is 0. The third-order valence-electron chi connectivity index (χ3n) is 6.58. The van der Waals surface area contributed by atoms with Crippen LogP contribution in [0, 0.1) is 0 Å². The average Bonchev–Trinajstić information content (AvgIpc) is 3.71. The lowest BCUT2D eigenvalue weighted by molar-refractivity contribution is 0.633. The molecule has 0 unspecified atom stereocenters. The molecule has 0 amide bonds. The van der Waals surface area contributed by atoms with Crippen LogP contribution in [0.15, 0.2) is 93.7 Å². The van der Waals surface area contributed by atoms with E-state index in [0.717, 1.165) is 60.2 Å². The highest BCUT2D eigenvalue weighted by Gasteiger charge is 2.21. The topological polar surface area (TPSA) is 51.8 Å². The molecule has 0 bridgehead atoms. The third-order valence-corrected chi connectivity index (χ3v) is 8.97. The zero-order chi connectivity index (χ0) is 23.6. The Bertz CT molecular complexity index is 2080. The number of thiazole rings is 3. The number of hydrogen-bond donors (Lipinski definition) is 0. The van der Waals surface area contributed by atoms with E-state index in [1.54, 1.807) is 34.0 Å². The number of aromatic nitrogens is 3. The van der Waals surface area contributed by atoms with Crippen LogP contribution in [0.1, 0.15) is 0 Å². The Hall–Kier alpha value is -3.91. The maximum Gasteiger partial charge on any atom is 0.145 e. The SMILES string of the molecule is c1cc(-c2oc3ccc(-c4ccc5ncsc5c4)cc3c2-c2ccc3scnc3c2)c2ncsc2c1. The van der Waals surface area contributed by atoms with Crippen molar-refractivity contribution in [3.8, 4) is 33.6 Å². The Morgan fingerprint density at radius 3 is 2.33 bits per heavy atom. The molecule has 0 aliphatic heterocycles. The Morgan fingerprint density at radius 2 is 1.36 bits per heavy atom.